The van der Waals surface area contributed by atoms with E-state index in [1.807, 2.05) is 37.3 Å². The number of halogens is 1. The third kappa shape index (κ3) is 7.05. The minimum atomic E-state index is -0.888. The molecule has 0 aromatic heterocycles. The molecule has 33 heavy (non-hydrogen) atoms. The van der Waals surface area contributed by atoms with E-state index in [2.05, 4.69) is 21.2 Å². The van der Waals surface area contributed by atoms with Crippen molar-refractivity contribution >= 4 is 33.7 Å². The number of nitrogens with zero attached hydrogens (tertiary/aromatic N) is 1. The lowest BCUT2D eigenvalue weighted by Crippen LogP contribution is -2.57. The molecule has 0 bridgehead atoms. The Morgan fingerprint density at radius 1 is 1.15 bits per heavy atom. The van der Waals surface area contributed by atoms with E-state index in [4.69, 9.17) is 9.47 Å². The lowest BCUT2D eigenvalue weighted by Gasteiger charge is -2.34. The molecule has 0 saturated carbocycles. The number of unbranched alkanes of at least 4 members (excludes halogenated alkanes) is 1. The van der Waals surface area contributed by atoms with Gasteiger partial charge >= 0.3 is 5.97 Å². The number of amides is 2. The summed E-state index contributed by atoms with van der Waals surface area (Å²) in [6, 6.07) is 14.3. The van der Waals surface area contributed by atoms with Crippen molar-refractivity contribution in [3.8, 4) is 5.75 Å². The Hall–Kier alpha value is -2.87. The molecule has 8 heteroatoms. The largest absolute Gasteiger partial charge is 0.492 e. The molecule has 0 spiro atoms. The van der Waals surface area contributed by atoms with Crippen LogP contribution in [0.2, 0.25) is 0 Å². The number of piperazine rings is 1. The zero-order chi connectivity index (χ0) is 23.6. The van der Waals surface area contributed by atoms with Gasteiger partial charge in [0, 0.05) is 25.1 Å². The molecule has 2 aromatic rings. The molecule has 0 aliphatic carbocycles. The van der Waals surface area contributed by atoms with Gasteiger partial charge in [0.1, 0.15) is 11.8 Å². The minimum absolute atomic E-state index is 0.164. The maximum Gasteiger partial charge on any atom is 0.308 e. The number of benzene rings is 2. The van der Waals surface area contributed by atoms with Gasteiger partial charge in [-0.05, 0) is 46.1 Å². The predicted octanol–water partition coefficient (Wildman–Crippen LogP) is 3.74. The number of esters is 1. The molecule has 1 heterocycles. The van der Waals surface area contributed by atoms with Crippen LogP contribution >= 0.6 is 15.9 Å². The van der Waals surface area contributed by atoms with E-state index in [0.717, 1.165) is 19.3 Å². The lowest BCUT2D eigenvalue weighted by molar-refractivity contribution is -0.147. The molecule has 176 valence electrons. The third-order valence-electron chi connectivity index (χ3n) is 5.38. The third-order valence-corrected chi connectivity index (χ3v) is 6.00. The molecule has 1 atom stereocenters. The average molecular weight is 517 g/mol. The smallest absolute Gasteiger partial charge is 0.308 e. The van der Waals surface area contributed by atoms with Crippen LogP contribution in [0.5, 0.6) is 5.75 Å². The SMILES string of the molecule is CCCCOC(=O)CC1C(=O)NCCN1C(=O)c1ccc(OCCc2ccccc2)c(Br)c1. The van der Waals surface area contributed by atoms with Crippen molar-refractivity contribution in [1.29, 1.82) is 0 Å². The minimum Gasteiger partial charge on any atom is -0.492 e. The molecular formula is C25H29BrN2O5. The van der Waals surface area contributed by atoms with Gasteiger partial charge in [-0.15, -0.1) is 0 Å². The van der Waals surface area contributed by atoms with Crippen LogP contribution in [0.4, 0.5) is 0 Å². The number of hydrogen-bond acceptors (Lipinski definition) is 5. The lowest BCUT2D eigenvalue weighted by atomic mass is 10.1. The molecule has 1 aliphatic heterocycles. The van der Waals surface area contributed by atoms with Crippen LogP contribution in [-0.4, -0.2) is 55.0 Å². The monoisotopic (exact) mass is 516 g/mol. The van der Waals surface area contributed by atoms with Crippen LogP contribution in [0.25, 0.3) is 0 Å². The van der Waals surface area contributed by atoms with Crippen LogP contribution in [0.3, 0.4) is 0 Å². The van der Waals surface area contributed by atoms with Gasteiger partial charge in [0.05, 0.1) is 24.1 Å². The fourth-order valence-electron chi connectivity index (χ4n) is 3.55. The molecule has 1 N–H and O–H groups in total. The van der Waals surface area contributed by atoms with Crippen LogP contribution in [-0.2, 0) is 20.7 Å². The summed E-state index contributed by atoms with van der Waals surface area (Å²) in [5.41, 5.74) is 1.60. The number of rotatable bonds is 10. The number of hydrogen-bond donors (Lipinski definition) is 1. The average Bonchev–Trinajstić information content (AvgIpc) is 2.82. The van der Waals surface area contributed by atoms with E-state index in [0.29, 0.717) is 42.1 Å². The van der Waals surface area contributed by atoms with Gasteiger partial charge in [-0.2, -0.15) is 0 Å². The molecule has 0 radical (unpaired) electrons. The first-order valence-electron chi connectivity index (χ1n) is 11.2. The number of carbonyl (C=O) groups is 3. The van der Waals surface area contributed by atoms with E-state index in [-0.39, 0.29) is 18.2 Å². The molecule has 2 aromatic carbocycles. The van der Waals surface area contributed by atoms with Gasteiger partial charge in [0.15, 0.2) is 0 Å². The van der Waals surface area contributed by atoms with Crippen molar-refractivity contribution in [3.05, 3.63) is 64.1 Å². The van der Waals surface area contributed by atoms with Crippen molar-refractivity contribution < 1.29 is 23.9 Å². The zero-order valence-electron chi connectivity index (χ0n) is 18.7. The summed E-state index contributed by atoms with van der Waals surface area (Å²) in [4.78, 5) is 39.2. The second-order valence-corrected chi connectivity index (χ2v) is 8.67. The second kappa shape index (κ2) is 12.4. The first-order chi connectivity index (χ1) is 16.0. The highest BCUT2D eigenvalue weighted by Crippen LogP contribution is 2.27. The van der Waals surface area contributed by atoms with Crippen LogP contribution < -0.4 is 10.1 Å². The summed E-state index contributed by atoms with van der Waals surface area (Å²) in [6.07, 6.45) is 2.28. The number of nitrogens with one attached hydrogen (secondary N) is 1. The van der Waals surface area contributed by atoms with Gasteiger partial charge < -0.3 is 19.7 Å². The molecule has 7 nitrogen and oxygen atoms in total. The van der Waals surface area contributed by atoms with E-state index < -0.39 is 12.0 Å². The van der Waals surface area contributed by atoms with Crippen molar-refractivity contribution in [2.75, 3.05) is 26.3 Å². The Morgan fingerprint density at radius 2 is 1.94 bits per heavy atom. The molecule has 1 aliphatic rings. The van der Waals surface area contributed by atoms with E-state index in [9.17, 15) is 14.4 Å². The van der Waals surface area contributed by atoms with E-state index >= 15 is 0 Å². The highest BCUT2D eigenvalue weighted by atomic mass is 79.9. The summed E-state index contributed by atoms with van der Waals surface area (Å²) in [5, 5.41) is 2.73. The quantitative estimate of drug-likeness (QED) is 0.384. The Balaban J connectivity index is 1.63. The van der Waals surface area contributed by atoms with Crippen molar-refractivity contribution in [2.24, 2.45) is 0 Å². The summed E-state index contributed by atoms with van der Waals surface area (Å²) in [5.74, 6) is -0.503. The fraction of sp³-hybridized carbons (Fsp3) is 0.400. The molecule has 1 saturated heterocycles. The van der Waals surface area contributed by atoms with Gasteiger partial charge in [0.2, 0.25) is 5.91 Å². The first kappa shape index (κ1) is 24.8. The maximum absolute atomic E-state index is 13.2. The van der Waals surface area contributed by atoms with E-state index in [1.165, 1.54) is 10.5 Å². The second-order valence-electron chi connectivity index (χ2n) is 7.81. The molecule has 1 fully saturated rings. The van der Waals surface area contributed by atoms with Gasteiger partial charge in [-0.3, -0.25) is 14.4 Å². The highest BCUT2D eigenvalue weighted by molar-refractivity contribution is 9.10. The van der Waals surface area contributed by atoms with Gasteiger partial charge in [-0.25, -0.2) is 0 Å². The van der Waals surface area contributed by atoms with Crippen LogP contribution in [0.15, 0.2) is 53.0 Å². The Kier molecular flexibility index (Phi) is 9.30. The summed E-state index contributed by atoms with van der Waals surface area (Å²) >= 11 is 3.48. The molecule has 1 unspecified atom stereocenters. The molecular weight excluding hydrogens is 488 g/mol. The standard InChI is InChI=1S/C25H29BrN2O5/c1-2-3-14-33-23(29)17-21-24(30)27-12-13-28(21)25(31)19-9-10-22(20(26)16-19)32-15-11-18-7-5-4-6-8-18/h4-10,16,21H,2-3,11-15,17H2,1H3,(H,27,30). The fourth-order valence-corrected chi connectivity index (χ4v) is 4.04. The van der Waals surface area contributed by atoms with Gasteiger partial charge in [-0.1, -0.05) is 43.7 Å². The maximum atomic E-state index is 13.2. The van der Waals surface area contributed by atoms with Gasteiger partial charge in [0.25, 0.3) is 5.91 Å². The number of ether oxygens (including phenoxy) is 2. The Bertz CT molecular complexity index is 967. The Morgan fingerprint density at radius 3 is 2.67 bits per heavy atom. The predicted molar refractivity (Wildman–Crippen MR) is 128 cm³/mol. The normalized spacial score (nSPS) is 15.6. The highest BCUT2D eigenvalue weighted by Gasteiger charge is 2.35. The van der Waals surface area contributed by atoms with Crippen molar-refractivity contribution in [1.82, 2.24) is 10.2 Å². The summed E-state index contributed by atoms with van der Waals surface area (Å²) in [7, 11) is 0. The van der Waals surface area contributed by atoms with Crippen LogP contribution in [0, 0.1) is 0 Å². The molecule has 2 amide bonds. The van der Waals surface area contributed by atoms with Crippen LogP contribution in [0.1, 0.15) is 42.1 Å². The topological polar surface area (TPSA) is 84.9 Å². The first-order valence-corrected chi connectivity index (χ1v) is 12.0. The van der Waals surface area contributed by atoms with Crippen molar-refractivity contribution in [3.63, 3.8) is 0 Å². The molecule has 3 rings (SSSR count). The van der Waals surface area contributed by atoms with E-state index in [1.54, 1.807) is 18.2 Å². The number of carbonyl (C=O) groups excluding carboxylic acids is 3. The summed E-state index contributed by atoms with van der Waals surface area (Å²) < 4.78 is 11.7. The zero-order valence-corrected chi connectivity index (χ0v) is 20.3. The Labute approximate surface area is 202 Å². The summed E-state index contributed by atoms with van der Waals surface area (Å²) in [6.45, 7) is 3.49. The van der Waals surface area contributed by atoms with Crippen molar-refractivity contribution in [2.45, 2.75) is 38.6 Å².